The second kappa shape index (κ2) is 4.38. The Morgan fingerprint density at radius 3 is 2.12 bits per heavy atom. The first kappa shape index (κ1) is 12.3. The normalized spacial score (nSPS) is 11.0. The molecule has 0 aliphatic carbocycles. The summed E-state index contributed by atoms with van der Waals surface area (Å²) in [6.07, 6.45) is -4.46. The van der Waals surface area contributed by atoms with Gasteiger partial charge in [-0.25, -0.2) is 0 Å². The van der Waals surface area contributed by atoms with Crippen molar-refractivity contribution < 1.29 is 22.7 Å². The van der Waals surface area contributed by atoms with Gasteiger partial charge in [0.05, 0.1) is 5.57 Å². The first-order valence-electron chi connectivity index (χ1n) is 4.35. The van der Waals surface area contributed by atoms with Gasteiger partial charge in [-0.2, -0.15) is 13.2 Å². The van der Waals surface area contributed by atoms with Gasteiger partial charge in [-0.05, 0) is 17.7 Å². The number of hydrogen-bond donors (Lipinski definition) is 0. The minimum Gasteiger partial charge on any atom is -0.427 e. The molecule has 2 nitrogen and oxygen atoms in total. The van der Waals surface area contributed by atoms with Crippen LogP contribution in [-0.2, 0) is 4.79 Å². The van der Waals surface area contributed by atoms with Crippen molar-refractivity contribution in [2.24, 2.45) is 0 Å². The maximum atomic E-state index is 12.3. The summed E-state index contributed by atoms with van der Waals surface area (Å²) in [5.74, 6) is -0.325. The Hall–Kier alpha value is -1.78. The number of halogens is 3. The Labute approximate surface area is 90.3 Å². The average Bonchev–Trinajstić information content (AvgIpc) is 2.15. The molecule has 5 heteroatoms. The second-order valence-corrected chi connectivity index (χ2v) is 3.09. The molecule has 1 aromatic rings. The number of rotatable bonds is 2. The van der Waals surface area contributed by atoms with Crippen molar-refractivity contribution >= 4 is 11.5 Å². The predicted octanol–water partition coefficient (Wildman–Crippen LogP) is 3.19. The molecule has 0 spiro atoms. The van der Waals surface area contributed by atoms with Crippen LogP contribution in [-0.4, -0.2) is 12.1 Å². The van der Waals surface area contributed by atoms with Crippen molar-refractivity contribution in [2.75, 3.05) is 0 Å². The minimum absolute atomic E-state index is 0.0524. The molecule has 0 aromatic heterocycles. The van der Waals surface area contributed by atoms with Gasteiger partial charge in [0.25, 0.3) is 0 Å². The summed E-state index contributed by atoms with van der Waals surface area (Å²) in [4.78, 5) is 10.6. The summed E-state index contributed by atoms with van der Waals surface area (Å²) < 4.78 is 41.5. The molecule has 1 rings (SSSR count). The number of alkyl halides is 3. The fraction of sp³-hybridized carbons (Fsp3) is 0.182. The third kappa shape index (κ3) is 3.12. The summed E-state index contributed by atoms with van der Waals surface area (Å²) in [6.45, 7) is 4.16. The van der Waals surface area contributed by atoms with E-state index in [4.69, 9.17) is 0 Å². The molecule has 16 heavy (non-hydrogen) atoms. The van der Waals surface area contributed by atoms with E-state index in [-0.39, 0.29) is 11.3 Å². The summed E-state index contributed by atoms with van der Waals surface area (Å²) >= 11 is 0. The fourth-order valence-electron chi connectivity index (χ4n) is 1.05. The monoisotopic (exact) mass is 230 g/mol. The molecular formula is C11H9F3O2. The highest BCUT2D eigenvalue weighted by Crippen LogP contribution is 2.32. The van der Waals surface area contributed by atoms with E-state index in [1.54, 1.807) is 0 Å². The molecule has 0 heterocycles. The van der Waals surface area contributed by atoms with Crippen molar-refractivity contribution in [3.63, 3.8) is 0 Å². The van der Waals surface area contributed by atoms with Crippen molar-refractivity contribution in [1.82, 2.24) is 0 Å². The van der Waals surface area contributed by atoms with Gasteiger partial charge in [0.2, 0.25) is 0 Å². The average molecular weight is 230 g/mol. The number of carbonyl (C=O) groups is 1. The van der Waals surface area contributed by atoms with E-state index in [1.807, 2.05) is 0 Å². The van der Waals surface area contributed by atoms with Gasteiger partial charge in [0, 0.05) is 6.92 Å². The van der Waals surface area contributed by atoms with Crippen LogP contribution in [0.15, 0.2) is 30.8 Å². The Morgan fingerprint density at radius 1 is 1.25 bits per heavy atom. The van der Waals surface area contributed by atoms with E-state index < -0.39 is 17.7 Å². The van der Waals surface area contributed by atoms with E-state index >= 15 is 0 Å². The Morgan fingerprint density at radius 2 is 1.75 bits per heavy atom. The Kier molecular flexibility index (Phi) is 3.37. The fourth-order valence-corrected chi connectivity index (χ4v) is 1.05. The lowest BCUT2D eigenvalue weighted by molar-refractivity contribution is -0.131. The van der Waals surface area contributed by atoms with Crippen LogP contribution in [0.4, 0.5) is 13.2 Å². The predicted molar refractivity (Wildman–Crippen MR) is 52.8 cm³/mol. The third-order valence-electron chi connectivity index (χ3n) is 1.81. The van der Waals surface area contributed by atoms with Crippen LogP contribution in [0.25, 0.3) is 5.57 Å². The van der Waals surface area contributed by atoms with Gasteiger partial charge in [-0.15, -0.1) is 0 Å². The number of hydrogen-bond acceptors (Lipinski definition) is 2. The molecule has 0 radical (unpaired) electrons. The van der Waals surface area contributed by atoms with E-state index in [9.17, 15) is 18.0 Å². The van der Waals surface area contributed by atoms with Crippen LogP contribution in [0.3, 0.4) is 0 Å². The summed E-state index contributed by atoms with van der Waals surface area (Å²) in [5, 5.41) is 0. The summed E-state index contributed by atoms with van der Waals surface area (Å²) in [5.41, 5.74) is -0.981. The highest BCUT2D eigenvalue weighted by molar-refractivity contribution is 5.71. The molecule has 0 atom stereocenters. The van der Waals surface area contributed by atoms with Gasteiger partial charge < -0.3 is 4.74 Å². The lowest BCUT2D eigenvalue weighted by Crippen LogP contribution is -2.09. The maximum absolute atomic E-state index is 12.3. The molecule has 0 aliphatic heterocycles. The van der Waals surface area contributed by atoms with Crippen LogP contribution < -0.4 is 4.74 Å². The molecule has 0 N–H and O–H groups in total. The molecule has 0 aliphatic rings. The lowest BCUT2D eigenvalue weighted by atomic mass is 10.1. The van der Waals surface area contributed by atoms with Gasteiger partial charge in [-0.1, -0.05) is 18.7 Å². The van der Waals surface area contributed by atoms with Crippen molar-refractivity contribution in [1.29, 1.82) is 0 Å². The highest BCUT2D eigenvalue weighted by Gasteiger charge is 2.32. The summed E-state index contributed by atoms with van der Waals surface area (Å²) in [6, 6.07) is 4.98. The largest absolute Gasteiger partial charge is 0.427 e. The first-order valence-corrected chi connectivity index (χ1v) is 4.35. The number of benzene rings is 1. The van der Waals surface area contributed by atoms with E-state index in [2.05, 4.69) is 11.3 Å². The molecule has 86 valence electrons. The standard InChI is InChI=1S/C11H9F3O2/c1-7(11(12,13)14)9-3-5-10(6-4-9)16-8(2)15/h3-6H,1H2,2H3. The van der Waals surface area contributed by atoms with Crippen molar-refractivity contribution in [2.45, 2.75) is 13.1 Å². The summed E-state index contributed by atoms with van der Waals surface area (Å²) in [7, 11) is 0. The molecular weight excluding hydrogens is 221 g/mol. The highest BCUT2D eigenvalue weighted by atomic mass is 19.4. The van der Waals surface area contributed by atoms with E-state index in [0.717, 1.165) is 0 Å². The zero-order chi connectivity index (χ0) is 12.3. The topological polar surface area (TPSA) is 26.3 Å². The smallest absolute Gasteiger partial charge is 0.416 e. The van der Waals surface area contributed by atoms with Crippen LogP contribution >= 0.6 is 0 Å². The molecule has 0 fully saturated rings. The Bertz CT molecular complexity index is 404. The number of ether oxygens (including phenoxy) is 1. The molecule has 0 saturated carbocycles. The molecule has 0 amide bonds. The van der Waals surface area contributed by atoms with Gasteiger partial charge >= 0.3 is 12.1 Å². The van der Waals surface area contributed by atoms with Crippen molar-refractivity contribution in [3.8, 4) is 5.75 Å². The number of carbonyl (C=O) groups excluding carboxylic acids is 1. The molecule has 0 bridgehead atoms. The van der Waals surface area contributed by atoms with Crippen LogP contribution in [0.1, 0.15) is 12.5 Å². The van der Waals surface area contributed by atoms with E-state index in [1.165, 1.54) is 31.2 Å². The maximum Gasteiger partial charge on any atom is 0.416 e. The van der Waals surface area contributed by atoms with Crippen LogP contribution in [0.5, 0.6) is 5.75 Å². The molecule has 0 saturated heterocycles. The SMILES string of the molecule is C=C(c1ccc(OC(C)=O)cc1)C(F)(F)F. The van der Waals surface area contributed by atoms with Crippen molar-refractivity contribution in [3.05, 3.63) is 36.4 Å². The quantitative estimate of drug-likeness (QED) is 0.576. The van der Waals surface area contributed by atoms with Gasteiger partial charge in [0.15, 0.2) is 0 Å². The number of allylic oxidation sites excluding steroid dienone is 1. The second-order valence-electron chi connectivity index (χ2n) is 3.09. The molecule has 1 aromatic carbocycles. The van der Waals surface area contributed by atoms with Crippen LogP contribution in [0, 0.1) is 0 Å². The zero-order valence-electron chi connectivity index (χ0n) is 8.47. The number of esters is 1. The zero-order valence-corrected chi connectivity index (χ0v) is 8.47. The van der Waals surface area contributed by atoms with Gasteiger partial charge in [-0.3, -0.25) is 4.79 Å². The van der Waals surface area contributed by atoms with E-state index in [0.29, 0.717) is 0 Å². The lowest BCUT2D eigenvalue weighted by Gasteiger charge is -2.10. The van der Waals surface area contributed by atoms with Crippen LogP contribution in [0.2, 0.25) is 0 Å². The van der Waals surface area contributed by atoms with Gasteiger partial charge in [0.1, 0.15) is 5.75 Å². The molecule has 0 unspecified atom stereocenters. The minimum atomic E-state index is -4.46. The Balaban J connectivity index is 2.87. The first-order chi connectivity index (χ1) is 7.30. The third-order valence-corrected chi connectivity index (χ3v) is 1.81.